The number of fused-ring (bicyclic) bond motifs is 1. The fourth-order valence-corrected chi connectivity index (χ4v) is 2.47. The van der Waals surface area contributed by atoms with E-state index in [2.05, 4.69) is 20.6 Å². The topological polar surface area (TPSA) is 96.1 Å². The second-order valence-electron chi connectivity index (χ2n) is 5.98. The normalized spacial score (nSPS) is 11.4. The largest absolute Gasteiger partial charge is 0.490 e. The molecule has 3 aromatic rings. The number of ether oxygens (including phenoxy) is 1. The number of alkyl halides is 3. The monoisotopic (exact) mass is 428 g/mol. The van der Waals surface area contributed by atoms with Gasteiger partial charge in [-0.15, -0.1) is 0 Å². The molecule has 2 amide bonds. The van der Waals surface area contributed by atoms with Crippen molar-refractivity contribution >= 4 is 28.4 Å². The van der Waals surface area contributed by atoms with Crippen LogP contribution in [0.5, 0.6) is 5.75 Å². The number of nitrogens with zero attached hydrogens (tertiary/aromatic N) is 1. The van der Waals surface area contributed by atoms with Gasteiger partial charge in [-0.05, 0) is 12.1 Å². The molecule has 0 fully saturated rings. The number of amides is 2. The third kappa shape index (κ3) is 4.82. The number of carbonyl (C=O) groups excluding carboxylic acids is 2. The summed E-state index contributed by atoms with van der Waals surface area (Å²) in [6.07, 6.45) is -1.60. The molecule has 0 aliphatic rings. The minimum Gasteiger partial charge on any atom is -0.490 e. The summed E-state index contributed by atoms with van der Waals surface area (Å²) in [4.78, 5) is 29.8. The van der Waals surface area contributed by atoms with E-state index in [9.17, 15) is 31.5 Å². The molecule has 3 N–H and O–H groups in total. The molecule has 2 aromatic heterocycles. The zero-order chi connectivity index (χ0) is 21.9. The Morgan fingerprint density at radius 2 is 1.80 bits per heavy atom. The van der Waals surface area contributed by atoms with Crippen molar-refractivity contribution in [3.05, 3.63) is 54.0 Å². The Morgan fingerprint density at radius 3 is 2.53 bits per heavy atom. The molecule has 0 aliphatic carbocycles. The highest BCUT2D eigenvalue weighted by Gasteiger charge is 2.31. The van der Waals surface area contributed by atoms with Crippen LogP contribution in [0.2, 0.25) is 0 Å². The van der Waals surface area contributed by atoms with Crippen LogP contribution in [0, 0.1) is 11.6 Å². The maximum absolute atomic E-state index is 13.4. The number of carbonyl (C=O) groups is 2. The van der Waals surface area contributed by atoms with Crippen LogP contribution in [0.4, 0.5) is 27.6 Å². The van der Waals surface area contributed by atoms with Gasteiger partial charge in [-0.1, -0.05) is 0 Å². The number of benzene rings is 1. The van der Waals surface area contributed by atoms with Gasteiger partial charge in [0.05, 0.1) is 29.5 Å². The Kier molecular flexibility index (Phi) is 5.85. The zero-order valence-corrected chi connectivity index (χ0v) is 14.9. The van der Waals surface area contributed by atoms with Gasteiger partial charge in [-0.2, -0.15) is 13.2 Å². The molecule has 0 aliphatic heterocycles. The highest BCUT2D eigenvalue weighted by atomic mass is 19.4. The molecular formula is C18H13F5N4O3. The summed E-state index contributed by atoms with van der Waals surface area (Å²) < 4.78 is 69.5. The maximum atomic E-state index is 13.4. The van der Waals surface area contributed by atoms with Crippen molar-refractivity contribution in [1.29, 1.82) is 0 Å². The lowest BCUT2D eigenvalue weighted by Crippen LogP contribution is -2.37. The summed E-state index contributed by atoms with van der Waals surface area (Å²) in [7, 11) is 0. The van der Waals surface area contributed by atoms with Crippen LogP contribution in [0.25, 0.3) is 10.9 Å². The zero-order valence-electron chi connectivity index (χ0n) is 14.9. The number of aromatic amines is 1. The van der Waals surface area contributed by atoms with Gasteiger partial charge in [0, 0.05) is 23.8 Å². The molecule has 0 saturated carbocycles. The Bertz CT molecular complexity index is 1100. The number of halogens is 5. The summed E-state index contributed by atoms with van der Waals surface area (Å²) in [6.45, 7) is -0.407. The Balaban J connectivity index is 1.51. The minimum absolute atomic E-state index is 0.0651. The summed E-state index contributed by atoms with van der Waals surface area (Å²) >= 11 is 0. The summed E-state index contributed by atoms with van der Waals surface area (Å²) in [6, 6.07) is 2.52. The van der Waals surface area contributed by atoms with E-state index in [4.69, 9.17) is 4.74 Å². The van der Waals surface area contributed by atoms with Gasteiger partial charge in [0.2, 0.25) is 0 Å². The molecule has 2 heterocycles. The molecule has 12 heteroatoms. The second-order valence-corrected chi connectivity index (χ2v) is 5.98. The van der Waals surface area contributed by atoms with Gasteiger partial charge in [0.1, 0.15) is 12.4 Å². The standard InChI is InChI=1S/C18H13F5N4O3/c19-12-4-11-14(5-13(12)20)26-8-15(11)27-17(29)16(28)25-1-2-30-10-3-9(6-24-7-10)18(21,22)23/h3-8,26H,1-2H2,(H,25,28)(H,27,29). The van der Waals surface area contributed by atoms with Crippen LogP contribution in [-0.2, 0) is 15.8 Å². The number of hydrogen-bond donors (Lipinski definition) is 3. The number of pyridine rings is 1. The van der Waals surface area contributed by atoms with Crippen LogP contribution in [-0.4, -0.2) is 34.9 Å². The number of aromatic nitrogens is 2. The smallest absolute Gasteiger partial charge is 0.418 e. The highest BCUT2D eigenvalue weighted by Crippen LogP contribution is 2.30. The SMILES string of the molecule is O=C(NCCOc1cncc(C(F)(F)F)c1)C(=O)Nc1c[nH]c2cc(F)c(F)cc12. The molecule has 3 rings (SSSR count). The van der Waals surface area contributed by atoms with Crippen molar-refractivity contribution in [3.63, 3.8) is 0 Å². The fraction of sp³-hybridized carbons (Fsp3) is 0.167. The first-order chi connectivity index (χ1) is 14.1. The molecule has 0 saturated heterocycles. The Morgan fingerprint density at radius 1 is 1.07 bits per heavy atom. The average Bonchev–Trinajstić information content (AvgIpc) is 3.06. The van der Waals surface area contributed by atoms with Crippen LogP contribution < -0.4 is 15.4 Å². The van der Waals surface area contributed by atoms with E-state index in [1.807, 2.05) is 0 Å². The quantitative estimate of drug-likeness (QED) is 0.331. The van der Waals surface area contributed by atoms with E-state index >= 15 is 0 Å². The molecule has 0 bridgehead atoms. The molecule has 0 radical (unpaired) electrons. The van der Waals surface area contributed by atoms with Crippen molar-refractivity contribution in [2.24, 2.45) is 0 Å². The first-order valence-corrected chi connectivity index (χ1v) is 8.35. The van der Waals surface area contributed by atoms with Crippen molar-refractivity contribution in [2.75, 3.05) is 18.5 Å². The van der Waals surface area contributed by atoms with E-state index in [1.165, 1.54) is 6.20 Å². The van der Waals surface area contributed by atoms with Crippen molar-refractivity contribution in [1.82, 2.24) is 15.3 Å². The Hall–Kier alpha value is -3.70. The summed E-state index contributed by atoms with van der Waals surface area (Å²) in [5.41, 5.74) is -0.707. The number of anilines is 1. The lowest BCUT2D eigenvalue weighted by atomic mass is 10.2. The maximum Gasteiger partial charge on any atom is 0.418 e. The third-order valence-corrected chi connectivity index (χ3v) is 3.87. The van der Waals surface area contributed by atoms with Gasteiger partial charge < -0.3 is 20.4 Å². The van der Waals surface area contributed by atoms with E-state index in [1.54, 1.807) is 0 Å². The predicted octanol–water partition coefficient (Wildman–Crippen LogP) is 2.99. The van der Waals surface area contributed by atoms with Gasteiger partial charge in [0.15, 0.2) is 11.6 Å². The molecular weight excluding hydrogens is 415 g/mol. The van der Waals surface area contributed by atoms with Crippen molar-refractivity contribution in [3.8, 4) is 5.75 Å². The molecule has 158 valence electrons. The molecule has 30 heavy (non-hydrogen) atoms. The van der Waals surface area contributed by atoms with E-state index in [0.717, 1.165) is 24.4 Å². The van der Waals surface area contributed by atoms with Crippen molar-refractivity contribution < 1.29 is 36.3 Å². The first-order valence-electron chi connectivity index (χ1n) is 8.35. The van der Waals surface area contributed by atoms with Gasteiger partial charge in [0.25, 0.3) is 0 Å². The first kappa shape index (κ1) is 21.0. The Labute approximate surface area is 165 Å². The van der Waals surface area contributed by atoms with E-state index in [-0.39, 0.29) is 35.5 Å². The summed E-state index contributed by atoms with van der Waals surface area (Å²) in [5, 5.41) is 4.62. The fourth-order valence-electron chi connectivity index (χ4n) is 2.47. The molecule has 7 nitrogen and oxygen atoms in total. The summed E-state index contributed by atoms with van der Waals surface area (Å²) in [5.74, 6) is -4.49. The van der Waals surface area contributed by atoms with Crippen LogP contribution >= 0.6 is 0 Å². The van der Waals surface area contributed by atoms with Crippen LogP contribution in [0.15, 0.2) is 36.8 Å². The van der Waals surface area contributed by atoms with Crippen LogP contribution in [0.3, 0.4) is 0 Å². The predicted molar refractivity (Wildman–Crippen MR) is 94.6 cm³/mol. The number of nitrogens with one attached hydrogen (secondary N) is 3. The van der Waals surface area contributed by atoms with Crippen molar-refractivity contribution in [2.45, 2.75) is 6.18 Å². The molecule has 1 aromatic carbocycles. The molecule has 0 spiro atoms. The number of H-pyrrole nitrogens is 1. The minimum atomic E-state index is -4.57. The second kappa shape index (κ2) is 8.35. The number of rotatable bonds is 5. The molecule has 0 unspecified atom stereocenters. The lowest BCUT2D eigenvalue weighted by Gasteiger charge is -2.10. The average molecular weight is 428 g/mol. The van der Waals surface area contributed by atoms with Crippen LogP contribution in [0.1, 0.15) is 5.56 Å². The van der Waals surface area contributed by atoms with Gasteiger partial charge in [-0.25, -0.2) is 8.78 Å². The van der Waals surface area contributed by atoms with Gasteiger partial charge >= 0.3 is 18.0 Å². The highest BCUT2D eigenvalue weighted by molar-refractivity contribution is 6.40. The molecule has 0 atom stereocenters. The lowest BCUT2D eigenvalue weighted by molar-refractivity contribution is -0.138. The number of hydrogen-bond acceptors (Lipinski definition) is 4. The van der Waals surface area contributed by atoms with E-state index in [0.29, 0.717) is 6.20 Å². The van der Waals surface area contributed by atoms with Gasteiger partial charge in [-0.3, -0.25) is 14.6 Å². The van der Waals surface area contributed by atoms with E-state index < -0.39 is 35.2 Å². The third-order valence-electron chi connectivity index (χ3n) is 3.87.